The number of para-hydroxylation sites is 1. The first-order chi connectivity index (χ1) is 12.6. The van der Waals surface area contributed by atoms with Crippen LogP contribution in [0.1, 0.15) is 0 Å². The van der Waals surface area contributed by atoms with Crippen molar-refractivity contribution in [1.82, 2.24) is 8.96 Å². The molecule has 0 bridgehead atoms. The van der Waals surface area contributed by atoms with Crippen LogP contribution in [0.25, 0.3) is 22.2 Å². The molecule has 0 aliphatic heterocycles. The third-order valence-corrected chi connectivity index (χ3v) is 5.91. The molecule has 5 nitrogen and oxygen atoms in total. The van der Waals surface area contributed by atoms with E-state index in [9.17, 15) is 8.42 Å². The minimum absolute atomic E-state index is 0.236. The first kappa shape index (κ1) is 16.4. The Labute approximate surface area is 151 Å². The van der Waals surface area contributed by atoms with E-state index in [1.165, 1.54) is 3.97 Å². The van der Waals surface area contributed by atoms with Gasteiger partial charge in [0.15, 0.2) is 0 Å². The Morgan fingerprint density at radius 2 is 1.65 bits per heavy atom. The van der Waals surface area contributed by atoms with Crippen molar-refractivity contribution in [2.24, 2.45) is 0 Å². The van der Waals surface area contributed by atoms with Crippen LogP contribution < -0.4 is 4.74 Å². The molecule has 0 aliphatic rings. The summed E-state index contributed by atoms with van der Waals surface area (Å²) in [4.78, 5) is 4.64. The lowest BCUT2D eigenvalue weighted by atomic mass is 10.1. The van der Waals surface area contributed by atoms with E-state index in [4.69, 9.17) is 4.74 Å². The Morgan fingerprint density at radius 3 is 2.42 bits per heavy atom. The van der Waals surface area contributed by atoms with Gasteiger partial charge in [-0.15, -0.1) is 0 Å². The SMILES string of the molecule is COc1cccnc1-c1cn(S(=O)(=O)c2ccccc2)c2ccccc12. The van der Waals surface area contributed by atoms with Crippen molar-refractivity contribution in [3.05, 3.63) is 79.1 Å². The van der Waals surface area contributed by atoms with Gasteiger partial charge in [0.2, 0.25) is 0 Å². The van der Waals surface area contributed by atoms with E-state index in [1.54, 1.807) is 68.0 Å². The second-order valence-electron chi connectivity index (χ2n) is 5.73. The number of fused-ring (bicyclic) bond motifs is 1. The first-order valence-corrected chi connectivity index (χ1v) is 9.47. The summed E-state index contributed by atoms with van der Waals surface area (Å²) >= 11 is 0. The molecule has 0 spiro atoms. The van der Waals surface area contributed by atoms with Gasteiger partial charge >= 0.3 is 0 Å². The zero-order chi connectivity index (χ0) is 18.1. The van der Waals surface area contributed by atoms with Crippen LogP contribution in [0.2, 0.25) is 0 Å². The second kappa shape index (κ2) is 6.31. The number of methoxy groups -OCH3 is 1. The average molecular weight is 364 g/mol. The van der Waals surface area contributed by atoms with Gasteiger partial charge in [-0.3, -0.25) is 4.98 Å². The summed E-state index contributed by atoms with van der Waals surface area (Å²) in [5.74, 6) is 0.590. The fourth-order valence-electron chi connectivity index (χ4n) is 3.00. The van der Waals surface area contributed by atoms with E-state index in [-0.39, 0.29) is 4.90 Å². The highest BCUT2D eigenvalue weighted by Crippen LogP contribution is 2.36. The molecular formula is C20H16N2O3S. The standard InChI is InChI=1S/C20H16N2O3S/c1-25-19-12-7-13-21-20(19)17-14-22(18-11-6-5-10-16(17)18)26(23,24)15-8-3-2-4-9-15/h2-14H,1H3. The monoisotopic (exact) mass is 364 g/mol. The molecule has 0 unspecified atom stereocenters. The van der Waals surface area contributed by atoms with Crippen molar-refractivity contribution < 1.29 is 13.2 Å². The van der Waals surface area contributed by atoms with Crippen molar-refractivity contribution in [1.29, 1.82) is 0 Å². The van der Waals surface area contributed by atoms with Crippen molar-refractivity contribution in [2.75, 3.05) is 7.11 Å². The molecule has 0 aliphatic carbocycles. The van der Waals surface area contributed by atoms with Gasteiger partial charge in [-0.1, -0.05) is 36.4 Å². The molecule has 130 valence electrons. The second-order valence-corrected chi connectivity index (χ2v) is 7.54. The Hall–Kier alpha value is -3.12. The van der Waals surface area contributed by atoms with E-state index in [0.717, 1.165) is 5.39 Å². The highest BCUT2D eigenvalue weighted by molar-refractivity contribution is 7.90. The van der Waals surface area contributed by atoms with Crippen LogP contribution in [-0.2, 0) is 10.0 Å². The van der Waals surface area contributed by atoms with E-state index in [1.807, 2.05) is 18.2 Å². The summed E-state index contributed by atoms with van der Waals surface area (Å²) in [6.45, 7) is 0. The van der Waals surface area contributed by atoms with Crippen LogP contribution in [0.5, 0.6) is 5.75 Å². The number of hydrogen-bond donors (Lipinski definition) is 0. The third kappa shape index (κ3) is 2.55. The molecule has 0 saturated carbocycles. The number of hydrogen-bond acceptors (Lipinski definition) is 4. The Bertz CT molecular complexity index is 1180. The predicted octanol–water partition coefficient (Wildman–Crippen LogP) is 3.95. The number of pyridine rings is 1. The lowest BCUT2D eigenvalue weighted by Gasteiger charge is -2.07. The smallest absolute Gasteiger partial charge is 0.268 e. The Kier molecular flexibility index (Phi) is 3.97. The van der Waals surface area contributed by atoms with Crippen molar-refractivity contribution in [3.8, 4) is 17.0 Å². The molecule has 0 amide bonds. The van der Waals surface area contributed by atoms with Crippen molar-refractivity contribution >= 4 is 20.9 Å². The molecule has 26 heavy (non-hydrogen) atoms. The van der Waals surface area contributed by atoms with Gasteiger partial charge in [-0.25, -0.2) is 12.4 Å². The predicted molar refractivity (Wildman–Crippen MR) is 101 cm³/mol. The van der Waals surface area contributed by atoms with E-state index >= 15 is 0 Å². The van der Waals surface area contributed by atoms with Crippen LogP contribution >= 0.6 is 0 Å². The number of aromatic nitrogens is 2. The quantitative estimate of drug-likeness (QED) is 0.550. The zero-order valence-electron chi connectivity index (χ0n) is 14.0. The molecule has 6 heteroatoms. The third-order valence-electron chi connectivity index (χ3n) is 4.22. The fraction of sp³-hybridized carbons (Fsp3) is 0.0500. The molecule has 4 aromatic rings. The van der Waals surface area contributed by atoms with Crippen LogP contribution in [0.3, 0.4) is 0 Å². The van der Waals surface area contributed by atoms with Crippen LogP contribution in [-0.4, -0.2) is 24.5 Å². The molecule has 0 radical (unpaired) electrons. The van der Waals surface area contributed by atoms with E-state index in [2.05, 4.69) is 4.98 Å². The lowest BCUT2D eigenvalue weighted by Crippen LogP contribution is -2.11. The van der Waals surface area contributed by atoms with Crippen LogP contribution in [0, 0.1) is 0 Å². The number of rotatable bonds is 4. The summed E-state index contributed by atoms with van der Waals surface area (Å²) < 4.78 is 33.0. The topological polar surface area (TPSA) is 61.2 Å². The maximum atomic E-state index is 13.2. The Morgan fingerprint density at radius 1 is 0.923 bits per heavy atom. The van der Waals surface area contributed by atoms with Crippen LogP contribution in [0.15, 0.2) is 84.0 Å². The van der Waals surface area contributed by atoms with Gasteiger partial charge < -0.3 is 4.74 Å². The Balaban J connectivity index is 2.02. The maximum absolute atomic E-state index is 13.2. The van der Waals surface area contributed by atoms with E-state index < -0.39 is 10.0 Å². The van der Waals surface area contributed by atoms with Crippen LogP contribution in [0.4, 0.5) is 0 Å². The molecule has 0 fully saturated rings. The van der Waals surface area contributed by atoms with E-state index in [0.29, 0.717) is 22.5 Å². The molecule has 0 N–H and O–H groups in total. The largest absolute Gasteiger partial charge is 0.494 e. The highest BCUT2D eigenvalue weighted by Gasteiger charge is 2.22. The molecule has 0 saturated heterocycles. The molecular weight excluding hydrogens is 348 g/mol. The minimum Gasteiger partial charge on any atom is -0.494 e. The van der Waals surface area contributed by atoms with Crippen molar-refractivity contribution in [3.63, 3.8) is 0 Å². The molecule has 2 aromatic carbocycles. The molecule has 0 atom stereocenters. The van der Waals surface area contributed by atoms with Crippen molar-refractivity contribution in [2.45, 2.75) is 4.90 Å². The zero-order valence-corrected chi connectivity index (χ0v) is 14.8. The maximum Gasteiger partial charge on any atom is 0.268 e. The van der Waals surface area contributed by atoms with Gasteiger partial charge in [-0.2, -0.15) is 0 Å². The lowest BCUT2D eigenvalue weighted by molar-refractivity contribution is 0.415. The summed E-state index contributed by atoms with van der Waals surface area (Å²) in [6, 6.07) is 19.3. The summed E-state index contributed by atoms with van der Waals surface area (Å²) in [5, 5.41) is 0.795. The first-order valence-electron chi connectivity index (χ1n) is 8.03. The number of ether oxygens (including phenoxy) is 1. The molecule has 4 rings (SSSR count). The summed E-state index contributed by atoms with van der Waals surface area (Å²) in [5.41, 5.74) is 1.91. The normalized spacial score (nSPS) is 11.6. The van der Waals surface area contributed by atoms with Gasteiger partial charge in [0.1, 0.15) is 11.4 Å². The number of nitrogens with zero attached hydrogens (tertiary/aromatic N) is 2. The summed E-state index contributed by atoms with van der Waals surface area (Å²) in [7, 11) is -2.15. The highest BCUT2D eigenvalue weighted by atomic mass is 32.2. The number of benzene rings is 2. The molecule has 2 aromatic heterocycles. The fourth-order valence-corrected chi connectivity index (χ4v) is 4.39. The molecule has 2 heterocycles. The summed E-state index contributed by atoms with van der Waals surface area (Å²) in [6.07, 6.45) is 3.27. The minimum atomic E-state index is -3.72. The van der Waals surface area contributed by atoms with Gasteiger partial charge in [-0.05, 0) is 30.3 Å². The van der Waals surface area contributed by atoms with Gasteiger partial charge in [0, 0.05) is 23.3 Å². The van der Waals surface area contributed by atoms with Gasteiger partial charge in [0.05, 0.1) is 17.5 Å². The average Bonchev–Trinajstić information content (AvgIpc) is 3.09. The van der Waals surface area contributed by atoms with Gasteiger partial charge in [0.25, 0.3) is 10.0 Å².